The van der Waals surface area contributed by atoms with Gasteiger partial charge in [0.1, 0.15) is 6.04 Å². The van der Waals surface area contributed by atoms with Crippen LogP contribution in [0.2, 0.25) is 4.34 Å². The average Bonchev–Trinajstić information content (AvgIpc) is 2.70. The molecule has 2 N–H and O–H groups in total. The van der Waals surface area contributed by atoms with Crippen molar-refractivity contribution in [1.29, 1.82) is 0 Å². The highest BCUT2D eigenvalue weighted by Crippen LogP contribution is 2.21. The van der Waals surface area contributed by atoms with Gasteiger partial charge in [-0.3, -0.25) is 4.79 Å². The van der Waals surface area contributed by atoms with Crippen molar-refractivity contribution in [1.82, 2.24) is 5.32 Å². The Kier molecular flexibility index (Phi) is 5.80. The minimum Gasteiger partial charge on any atom is -0.480 e. The maximum atomic E-state index is 11.7. The fraction of sp³-hybridized carbons (Fsp3) is 0.400. The molecule has 0 aliphatic rings. The Morgan fingerprint density at radius 1 is 1.59 bits per heavy atom. The number of carbonyl (C=O) groups is 2. The maximum Gasteiger partial charge on any atom is 0.326 e. The van der Waals surface area contributed by atoms with Gasteiger partial charge in [0.25, 0.3) is 5.91 Å². The molecular formula is C10H12ClNO3S2. The molecular weight excluding hydrogens is 282 g/mol. The predicted molar refractivity (Wildman–Crippen MR) is 71.2 cm³/mol. The van der Waals surface area contributed by atoms with Gasteiger partial charge in [0.2, 0.25) is 0 Å². The predicted octanol–water partition coefficient (Wildman–Crippen LogP) is 2.34. The molecule has 1 aromatic rings. The number of thiophene rings is 1. The second-order valence-corrected chi connectivity index (χ2v) is 5.95. The van der Waals surface area contributed by atoms with Gasteiger partial charge in [-0.2, -0.15) is 11.8 Å². The molecule has 17 heavy (non-hydrogen) atoms. The van der Waals surface area contributed by atoms with Gasteiger partial charge < -0.3 is 10.4 Å². The first-order chi connectivity index (χ1) is 8.04. The van der Waals surface area contributed by atoms with Gasteiger partial charge >= 0.3 is 5.97 Å². The van der Waals surface area contributed by atoms with Crippen molar-refractivity contribution in [3.63, 3.8) is 0 Å². The molecule has 0 radical (unpaired) electrons. The van der Waals surface area contributed by atoms with Gasteiger partial charge in [-0.15, -0.1) is 11.3 Å². The zero-order valence-electron chi connectivity index (χ0n) is 9.10. The summed E-state index contributed by atoms with van der Waals surface area (Å²) in [5.74, 6) is -0.729. The van der Waals surface area contributed by atoms with Gasteiger partial charge in [0.05, 0.1) is 9.21 Å². The lowest BCUT2D eigenvalue weighted by Gasteiger charge is -2.12. The van der Waals surface area contributed by atoms with Crippen LogP contribution in [-0.2, 0) is 4.79 Å². The van der Waals surface area contributed by atoms with Crippen molar-refractivity contribution in [2.75, 3.05) is 12.0 Å². The molecule has 0 saturated carbocycles. The van der Waals surface area contributed by atoms with Crippen molar-refractivity contribution in [3.8, 4) is 0 Å². The fourth-order valence-corrected chi connectivity index (χ4v) is 2.58. The minimum absolute atomic E-state index is 0.393. The highest BCUT2D eigenvalue weighted by molar-refractivity contribution is 7.98. The van der Waals surface area contributed by atoms with Crippen LogP contribution in [0.4, 0.5) is 0 Å². The van der Waals surface area contributed by atoms with E-state index >= 15 is 0 Å². The van der Waals surface area contributed by atoms with Crippen molar-refractivity contribution in [2.45, 2.75) is 12.5 Å². The van der Waals surface area contributed by atoms with Gasteiger partial charge in [-0.1, -0.05) is 11.6 Å². The number of hydrogen-bond acceptors (Lipinski definition) is 4. The number of aliphatic carboxylic acids is 1. The van der Waals surface area contributed by atoms with Gasteiger partial charge in [0.15, 0.2) is 0 Å². The van der Waals surface area contributed by atoms with E-state index in [1.807, 2.05) is 6.26 Å². The molecule has 1 atom stereocenters. The quantitative estimate of drug-likeness (QED) is 0.845. The van der Waals surface area contributed by atoms with Crippen LogP contribution in [0.5, 0.6) is 0 Å². The Labute approximate surface area is 112 Å². The molecule has 7 heteroatoms. The zero-order chi connectivity index (χ0) is 12.8. The Morgan fingerprint density at radius 3 is 2.76 bits per heavy atom. The Morgan fingerprint density at radius 2 is 2.29 bits per heavy atom. The van der Waals surface area contributed by atoms with Gasteiger partial charge in [-0.25, -0.2) is 4.79 Å². The van der Waals surface area contributed by atoms with E-state index in [1.54, 1.807) is 23.9 Å². The second-order valence-electron chi connectivity index (χ2n) is 3.25. The van der Waals surface area contributed by atoms with Crippen molar-refractivity contribution < 1.29 is 14.7 Å². The first-order valence-electron chi connectivity index (χ1n) is 4.82. The van der Waals surface area contributed by atoms with E-state index in [1.165, 1.54) is 0 Å². The molecule has 0 bridgehead atoms. The monoisotopic (exact) mass is 293 g/mol. The lowest BCUT2D eigenvalue weighted by molar-refractivity contribution is -0.139. The number of rotatable bonds is 6. The van der Waals surface area contributed by atoms with Crippen LogP contribution in [0.15, 0.2) is 12.1 Å². The van der Waals surface area contributed by atoms with E-state index < -0.39 is 17.9 Å². The Hall–Kier alpha value is -0.720. The third kappa shape index (κ3) is 4.57. The third-order valence-electron chi connectivity index (χ3n) is 2.01. The summed E-state index contributed by atoms with van der Waals surface area (Å²) < 4.78 is 0.506. The number of carbonyl (C=O) groups excluding carboxylic acids is 1. The summed E-state index contributed by atoms with van der Waals surface area (Å²) in [6.07, 6.45) is 2.29. The number of thioether (sulfide) groups is 1. The number of amides is 1. The van der Waals surface area contributed by atoms with Crippen LogP contribution in [-0.4, -0.2) is 35.0 Å². The van der Waals surface area contributed by atoms with E-state index in [4.69, 9.17) is 16.7 Å². The van der Waals surface area contributed by atoms with Crippen LogP contribution in [0.25, 0.3) is 0 Å². The molecule has 0 unspecified atom stereocenters. The molecule has 4 nitrogen and oxygen atoms in total. The zero-order valence-corrected chi connectivity index (χ0v) is 11.5. The minimum atomic E-state index is -1.02. The topological polar surface area (TPSA) is 66.4 Å². The summed E-state index contributed by atoms with van der Waals surface area (Å²) in [6.45, 7) is 0. The molecule has 0 saturated heterocycles. The van der Waals surface area contributed by atoms with E-state index in [2.05, 4.69) is 5.32 Å². The van der Waals surface area contributed by atoms with Crippen LogP contribution >= 0.6 is 34.7 Å². The Bertz CT molecular complexity index is 408. The lowest BCUT2D eigenvalue weighted by atomic mass is 10.2. The molecule has 1 heterocycles. The normalized spacial score (nSPS) is 12.1. The van der Waals surface area contributed by atoms with Gasteiger partial charge in [0, 0.05) is 0 Å². The lowest BCUT2D eigenvalue weighted by Crippen LogP contribution is -2.40. The smallest absolute Gasteiger partial charge is 0.326 e. The summed E-state index contributed by atoms with van der Waals surface area (Å²) in [5.41, 5.74) is 0. The van der Waals surface area contributed by atoms with Crippen LogP contribution in [0.1, 0.15) is 16.1 Å². The summed E-state index contributed by atoms with van der Waals surface area (Å²) in [5, 5.41) is 11.4. The van der Waals surface area contributed by atoms with Crippen LogP contribution in [0.3, 0.4) is 0 Å². The Balaban J connectivity index is 2.60. The summed E-state index contributed by atoms with van der Waals surface area (Å²) >= 11 is 8.38. The van der Waals surface area contributed by atoms with Crippen LogP contribution < -0.4 is 5.32 Å². The van der Waals surface area contributed by atoms with Crippen molar-refractivity contribution in [3.05, 3.63) is 21.3 Å². The first-order valence-corrected chi connectivity index (χ1v) is 7.41. The molecule has 0 aliphatic heterocycles. The first kappa shape index (κ1) is 14.3. The van der Waals surface area contributed by atoms with E-state index in [0.717, 1.165) is 11.3 Å². The number of carboxylic acid groups (broad SMARTS) is 1. The molecule has 1 amide bonds. The summed E-state index contributed by atoms with van der Waals surface area (Å²) in [7, 11) is 0. The molecule has 0 aliphatic carbocycles. The van der Waals surface area contributed by atoms with Crippen LogP contribution in [0, 0.1) is 0 Å². The van der Waals surface area contributed by atoms with E-state index in [-0.39, 0.29) is 0 Å². The highest BCUT2D eigenvalue weighted by atomic mass is 35.5. The van der Waals surface area contributed by atoms with Gasteiger partial charge in [-0.05, 0) is 30.6 Å². The molecule has 0 fully saturated rings. The molecule has 0 spiro atoms. The molecule has 1 aromatic heterocycles. The molecule has 0 aromatic carbocycles. The number of carboxylic acids is 1. The largest absolute Gasteiger partial charge is 0.480 e. The second kappa shape index (κ2) is 6.88. The molecule has 94 valence electrons. The number of halogens is 1. The van der Waals surface area contributed by atoms with Crippen molar-refractivity contribution in [2.24, 2.45) is 0 Å². The van der Waals surface area contributed by atoms with Crippen molar-refractivity contribution >= 4 is 46.6 Å². The van der Waals surface area contributed by atoms with E-state index in [9.17, 15) is 9.59 Å². The summed E-state index contributed by atoms with van der Waals surface area (Å²) in [6, 6.07) is 2.34. The SMILES string of the molecule is CSCC[C@H](NC(=O)c1ccc(Cl)s1)C(=O)O. The molecule has 1 rings (SSSR count). The fourth-order valence-electron chi connectivity index (χ4n) is 1.16. The number of nitrogens with one attached hydrogen (secondary N) is 1. The highest BCUT2D eigenvalue weighted by Gasteiger charge is 2.20. The number of hydrogen-bond donors (Lipinski definition) is 2. The van der Waals surface area contributed by atoms with E-state index in [0.29, 0.717) is 21.4 Å². The standard InChI is InChI=1S/C10H12ClNO3S2/c1-16-5-4-6(10(14)15)12-9(13)7-2-3-8(11)17-7/h2-3,6H,4-5H2,1H3,(H,12,13)(H,14,15)/t6-/m0/s1. The average molecular weight is 294 g/mol. The third-order valence-corrected chi connectivity index (χ3v) is 3.88. The summed E-state index contributed by atoms with van der Waals surface area (Å²) in [4.78, 5) is 23.1. The maximum absolute atomic E-state index is 11.7.